The molecule has 4 rings (SSSR count). The van der Waals surface area contributed by atoms with E-state index in [-0.39, 0.29) is 5.91 Å². The Morgan fingerprint density at radius 2 is 1.61 bits per heavy atom. The minimum Gasteiger partial charge on any atom is -0.497 e. The highest BCUT2D eigenvalue weighted by Crippen LogP contribution is 2.25. The van der Waals surface area contributed by atoms with Crippen molar-refractivity contribution in [3.05, 3.63) is 54.1 Å². The molecule has 0 spiro atoms. The van der Waals surface area contributed by atoms with Gasteiger partial charge in [0.2, 0.25) is 0 Å². The van der Waals surface area contributed by atoms with Crippen LogP contribution < -0.4 is 14.2 Å². The lowest BCUT2D eigenvalue weighted by Gasteiger charge is -2.43. The van der Waals surface area contributed by atoms with Gasteiger partial charge in [0.25, 0.3) is 5.91 Å². The Morgan fingerprint density at radius 1 is 0.909 bits per heavy atom. The summed E-state index contributed by atoms with van der Waals surface area (Å²) in [5, 5.41) is 0. The van der Waals surface area contributed by atoms with E-state index in [0.717, 1.165) is 64.4 Å². The van der Waals surface area contributed by atoms with Crippen LogP contribution in [0.3, 0.4) is 0 Å². The molecule has 1 amide bonds. The van der Waals surface area contributed by atoms with Crippen molar-refractivity contribution in [3.8, 4) is 17.2 Å². The molecule has 2 aliphatic heterocycles. The van der Waals surface area contributed by atoms with Crippen molar-refractivity contribution >= 4 is 5.91 Å². The summed E-state index contributed by atoms with van der Waals surface area (Å²) in [5.41, 5.74) is 0.620. The second kappa shape index (κ2) is 11.4. The number of hydrogen-bond acceptors (Lipinski definition) is 6. The number of benzene rings is 2. The first kappa shape index (κ1) is 23.4. The lowest BCUT2D eigenvalue weighted by atomic mass is 10.0. The van der Waals surface area contributed by atoms with E-state index < -0.39 is 0 Å². The monoisotopic (exact) mass is 453 g/mol. The highest BCUT2D eigenvalue weighted by Gasteiger charge is 2.30. The maximum absolute atomic E-state index is 13.2. The third kappa shape index (κ3) is 6.18. The van der Waals surface area contributed by atoms with Crippen molar-refractivity contribution in [1.82, 2.24) is 14.7 Å². The zero-order valence-corrected chi connectivity index (χ0v) is 19.7. The number of rotatable bonds is 8. The Morgan fingerprint density at radius 3 is 2.27 bits per heavy atom. The molecule has 178 valence electrons. The van der Waals surface area contributed by atoms with Crippen molar-refractivity contribution < 1.29 is 19.0 Å². The average Bonchev–Trinajstić information content (AvgIpc) is 2.89. The molecule has 33 heavy (non-hydrogen) atoms. The average molecular weight is 454 g/mol. The predicted molar refractivity (Wildman–Crippen MR) is 128 cm³/mol. The number of carbonyl (C=O) groups is 1. The number of hydrogen-bond donors (Lipinski definition) is 0. The second-order valence-corrected chi connectivity index (χ2v) is 8.69. The van der Waals surface area contributed by atoms with Gasteiger partial charge in [0.15, 0.2) is 0 Å². The molecule has 1 atom stereocenters. The fourth-order valence-corrected chi connectivity index (χ4v) is 4.71. The van der Waals surface area contributed by atoms with Gasteiger partial charge < -0.3 is 19.1 Å². The van der Waals surface area contributed by atoms with E-state index in [4.69, 9.17) is 14.2 Å². The lowest BCUT2D eigenvalue weighted by Crippen LogP contribution is -2.56. The molecule has 0 aromatic heterocycles. The number of likely N-dealkylation sites (tertiary alicyclic amines) is 1. The summed E-state index contributed by atoms with van der Waals surface area (Å²) in [5.74, 6) is 2.25. The molecule has 2 aromatic carbocycles. The summed E-state index contributed by atoms with van der Waals surface area (Å²) in [6, 6.07) is 15.8. The zero-order valence-electron chi connectivity index (χ0n) is 19.7. The number of nitrogens with zero attached hydrogens (tertiary/aromatic N) is 3. The second-order valence-electron chi connectivity index (χ2n) is 8.69. The largest absolute Gasteiger partial charge is 0.497 e. The third-order valence-corrected chi connectivity index (χ3v) is 6.62. The Balaban J connectivity index is 1.26. The number of methoxy groups -OCH3 is 2. The first-order valence-corrected chi connectivity index (χ1v) is 11.8. The van der Waals surface area contributed by atoms with Gasteiger partial charge in [-0.25, -0.2) is 0 Å². The summed E-state index contributed by atoms with van der Waals surface area (Å²) in [7, 11) is 3.21. The SMILES string of the molecule is COc1cc(OC)cc(C(=O)N2CCCC(N3CCN(CCOc4ccccc4)CC3)C2)c1. The Kier molecular flexibility index (Phi) is 8.07. The molecule has 1 unspecified atom stereocenters. The van der Waals surface area contributed by atoms with E-state index in [1.54, 1.807) is 32.4 Å². The number of piperazine rings is 1. The fourth-order valence-electron chi connectivity index (χ4n) is 4.71. The Bertz CT molecular complexity index is 877. The zero-order chi connectivity index (χ0) is 23.0. The quantitative estimate of drug-likeness (QED) is 0.613. The molecule has 0 N–H and O–H groups in total. The van der Waals surface area contributed by atoms with E-state index in [0.29, 0.717) is 29.7 Å². The lowest BCUT2D eigenvalue weighted by molar-refractivity contribution is 0.0398. The van der Waals surface area contributed by atoms with Crippen LogP contribution in [0.15, 0.2) is 48.5 Å². The summed E-state index contributed by atoms with van der Waals surface area (Å²) < 4.78 is 16.5. The first-order chi connectivity index (χ1) is 16.2. The summed E-state index contributed by atoms with van der Waals surface area (Å²) >= 11 is 0. The number of para-hydroxylation sites is 1. The van der Waals surface area contributed by atoms with Crippen molar-refractivity contribution in [2.75, 3.05) is 66.6 Å². The van der Waals surface area contributed by atoms with Gasteiger partial charge in [-0.2, -0.15) is 0 Å². The molecule has 2 fully saturated rings. The van der Waals surface area contributed by atoms with E-state index in [1.807, 2.05) is 35.2 Å². The highest BCUT2D eigenvalue weighted by molar-refractivity contribution is 5.95. The van der Waals surface area contributed by atoms with Crippen molar-refractivity contribution in [1.29, 1.82) is 0 Å². The third-order valence-electron chi connectivity index (χ3n) is 6.62. The van der Waals surface area contributed by atoms with Gasteiger partial charge in [0, 0.05) is 63.5 Å². The molecule has 0 saturated carbocycles. The van der Waals surface area contributed by atoms with Crippen LogP contribution >= 0.6 is 0 Å². The van der Waals surface area contributed by atoms with Crippen LogP contribution in [0.1, 0.15) is 23.2 Å². The first-order valence-electron chi connectivity index (χ1n) is 11.8. The molecule has 0 radical (unpaired) electrons. The van der Waals surface area contributed by atoms with Gasteiger partial charge in [-0.15, -0.1) is 0 Å². The van der Waals surface area contributed by atoms with Gasteiger partial charge in [-0.1, -0.05) is 18.2 Å². The van der Waals surface area contributed by atoms with Crippen LogP contribution in [0.25, 0.3) is 0 Å². The van der Waals surface area contributed by atoms with E-state index >= 15 is 0 Å². The summed E-state index contributed by atoms with van der Waals surface area (Å²) in [6.07, 6.45) is 2.17. The number of amides is 1. The summed E-state index contributed by atoms with van der Waals surface area (Å²) in [4.78, 5) is 20.2. The molecule has 0 aliphatic carbocycles. The van der Waals surface area contributed by atoms with Gasteiger partial charge in [-0.3, -0.25) is 14.6 Å². The minimum absolute atomic E-state index is 0.0496. The van der Waals surface area contributed by atoms with Crippen LogP contribution in [0.4, 0.5) is 0 Å². The topological polar surface area (TPSA) is 54.5 Å². The number of ether oxygens (including phenoxy) is 3. The molecule has 2 aliphatic rings. The van der Waals surface area contributed by atoms with Crippen molar-refractivity contribution in [3.63, 3.8) is 0 Å². The normalized spacial score (nSPS) is 19.8. The molecule has 7 heteroatoms. The predicted octanol–water partition coefficient (Wildman–Crippen LogP) is 3.01. The molecular weight excluding hydrogens is 418 g/mol. The molecule has 2 aromatic rings. The van der Waals surface area contributed by atoms with Gasteiger partial charge in [0.1, 0.15) is 23.9 Å². The minimum atomic E-state index is 0.0496. The molecular formula is C26H35N3O4. The van der Waals surface area contributed by atoms with Crippen LogP contribution in [-0.2, 0) is 0 Å². The molecule has 2 saturated heterocycles. The van der Waals surface area contributed by atoms with Crippen molar-refractivity contribution in [2.45, 2.75) is 18.9 Å². The van der Waals surface area contributed by atoms with E-state index in [9.17, 15) is 4.79 Å². The van der Waals surface area contributed by atoms with Gasteiger partial charge >= 0.3 is 0 Å². The molecule has 7 nitrogen and oxygen atoms in total. The fraction of sp³-hybridized carbons (Fsp3) is 0.500. The smallest absolute Gasteiger partial charge is 0.254 e. The standard InChI is InChI=1S/C26H35N3O4/c1-31-24-17-21(18-25(19-24)32-2)26(30)29-10-6-7-22(20-29)28-13-11-27(12-14-28)15-16-33-23-8-4-3-5-9-23/h3-5,8-9,17-19,22H,6-7,10-16,20H2,1-2H3. The van der Waals surface area contributed by atoms with Crippen LogP contribution in [0.2, 0.25) is 0 Å². The van der Waals surface area contributed by atoms with E-state index in [1.165, 1.54) is 0 Å². The van der Waals surface area contributed by atoms with Crippen LogP contribution in [-0.4, -0.2) is 93.3 Å². The maximum Gasteiger partial charge on any atom is 0.254 e. The number of piperidine rings is 1. The maximum atomic E-state index is 13.2. The summed E-state index contributed by atoms with van der Waals surface area (Å²) in [6.45, 7) is 7.36. The van der Waals surface area contributed by atoms with Crippen LogP contribution in [0.5, 0.6) is 17.2 Å². The molecule has 0 bridgehead atoms. The van der Waals surface area contributed by atoms with Crippen LogP contribution in [0, 0.1) is 0 Å². The van der Waals surface area contributed by atoms with Crippen molar-refractivity contribution in [2.24, 2.45) is 0 Å². The highest BCUT2D eigenvalue weighted by atomic mass is 16.5. The Labute approximate surface area is 196 Å². The molecule has 2 heterocycles. The van der Waals surface area contributed by atoms with E-state index in [2.05, 4.69) is 9.80 Å². The van der Waals surface area contributed by atoms with Gasteiger partial charge in [-0.05, 0) is 37.1 Å². The number of carbonyl (C=O) groups excluding carboxylic acids is 1. The van der Waals surface area contributed by atoms with Gasteiger partial charge in [0.05, 0.1) is 14.2 Å². The Hall–Kier alpha value is -2.77.